The zero-order valence-corrected chi connectivity index (χ0v) is 16.0. The summed E-state index contributed by atoms with van der Waals surface area (Å²) < 4.78 is 13.2. The fraction of sp³-hybridized carbons (Fsp3) is 0.300. The maximum Gasteiger partial charge on any atom is 0.251 e. The van der Waals surface area contributed by atoms with Crippen LogP contribution in [-0.2, 0) is 4.79 Å². The predicted octanol–water partition coefficient (Wildman–Crippen LogP) is 3.99. The van der Waals surface area contributed by atoms with Gasteiger partial charge in [0.2, 0.25) is 5.91 Å². The van der Waals surface area contributed by atoms with Crippen LogP contribution in [0, 0.1) is 11.7 Å². The van der Waals surface area contributed by atoms with Crippen LogP contribution < -0.4 is 5.32 Å². The van der Waals surface area contributed by atoms with Crippen molar-refractivity contribution in [3.05, 3.63) is 58.9 Å². The first-order valence-electron chi connectivity index (χ1n) is 8.28. The molecule has 26 heavy (non-hydrogen) atoms. The molecule has 1 N–H and O–H groups in total. The average molecular weight is 377 g/mol. The molecule has 2 aromatic rings. The number of rotatable bonds is 5. The third-order valence-electron chi connectivity index (χ3n) is 4.03. The van der Waals surface area contributed by atoms with Crippen molar-refractivity contribution in [2.24, 2.45) is 5.92 Å². The second-order valence-electron chi connectivity index (χ2n) is 6.63. The zero-order chi connectivity index (χ0) is 19.4. The van der Waals surface area contributed by atoms with E-state index in [0.29, 0.717) is 16.7 Å². The Hall–Kier alpha value is -2.40. The number of hydrogen-bond donors (Lipinski definition) is 1. The van der Waals surface area contributed by atoms with E-state index in [9.17, 15) is 14.0 Å². The lowest BCUT2D eigenvalue weighted by Crippen LogP contribution is -2.49. The third kappa shape index (κ3) is 4.61. The molecule has 0 aliphatic heterocycles. The van der Waals surface area contributed by atoms with Gasteiger partial charge in [0.15, 0.2) is 0 Å². The highest BCUT2D eigenvalue weighted by Gasteiger charge is 2.26. The molecule has 0 saturated carbocycles. The van der Waals surface area contributed by atoms with Crippen LogP contribution in [-0.4, -0.2) is 36.9 Å². The lowest BCUT2D eigenvalue weighted by molar-refractivity contribution is -0.131. The summed E-state index contributed by atoms with van der Waals surface area (Å²) in [5.41, 5.74) is 1.73. The first-order chi connectivity index (χ1) is 12.2. The first-order valence-corrected chi connectivity index (χ1v) is 8.66. The number of likely N-dealkylation sites (N-methyl/N-ethyl adjacent to an activating group) is 1. The van der Waals surface area contributed by atoms with E-state index in [1.807, 2.05) is 13.8 Å². The molecule has 0 bridgehead atoms. The van der Waals surface area contributed by atoms with E-state index in [4.69, 9.17) is 11.6 Å². The minimum absolute atomic E-state index is 0.0522. The van der Waals surface area contributed by atoms with E-state index in [2.05, 4.69) is 5.32 Å². The summed E-state index contributed by atoms with van der Waals surface area (Å²) in [6.45, 7) is 3.75. The molecule has 2 amide bonds. The van der Waals surface area contributed by atoms with Crippen molar-refractivity contribution in [1.82, 2.24) is 10.2 Å². The standard InChI is InChI=1S/C20H22ClFN2O2/c1-12(2)18(20(26)24(3)4)23-19(25)14-7-5-6-13(10-14)16-9-8-15(22)11-17(16)21/h5-12,18H,1-4H3,(H,23,25). The number of hydrogen-bond acceptors (Lipinski definition) is 2. The molecule has 1 atom stereocenters. The molecule has 0 heterocycles. The number of benzene rings is 2. The molecule has 0 spiro atoms. The maximum absolute atomic E-state index is 13.2. The van der Waals surface area contributed by atoms with Crippen LogP contribution >= 0.6 is 11.6 Å². The van der Waals surface area contributed by atoms with Crippen molar-refractivity contribution in [2.45, 2.75) is 19.9 Å². The quantitative estimate of drug-likeness (QED) is 0.857. The molecule has 0 aliphatic rings. The molecule has 2 aromatic carbocycles. The van der Waals surface area contributed by atoms with Crippen LogP contribution in [0.3, 0.4) is 0 Å². The van der Waals surface area contributed by atoms with Crippen molar-refractivity contribution in [3.63, 3.8) is 0 Å². The molecule has 0 fully saturated rings. The summed E-state index contributed by atoms with van der Waals surface area (Å²) in [5, 5.41) is 3.06. The van der Waals surface area contributed by atoms with Crippen LogP contribution in [0.4, 0.5) is 4.39 Å². The minimum Gasteiger partial charge on any atom is -0.347 e. The van der Waals surface area contributed by atoms with Crippen LogP contribution in [0.25, 0.3) is 11.1 Å². The fourth-order valence-electron chi connectivity index (χ4n) is 2.57. The molecule has 4 nitrogen and oxygen atoms in total. The van der Waals surface area contributed by atoms with Gasteiger partial charge in [-0.25, -0.2) is 4.39 Å². The maximum atomic E-state index is 13.2. The Morgan fingerprint density at radius 2 is 1.81 bits per heavy atom. The molecule has 138 valence electrons. The zero-order valence-electron chi connectivity index (χ0n) is 15.2. The number of carbonyl (C=O) groups excluding carboxylic acids is 2. The molecule has 0 aliphatic carbocycles. The van der Waals surface area contributed by atoms with Gasteiger partial charge in [-0.05, 0) is 41.8 Å². The van der Waals surface area contributed by atoms with Gasteiger partial charge in [-0.3, -0.25) is 9.59 Å². The van der Waals surface area contributed by atoms with Gasteiger partial charge in [0, 0.05) is 25.2 Å². The largest absolute Gasteiger partial charge is 0.347 e. The van der Waals surface area contributed by atoms with Crippen molar-refractivity contribution in [3.8, 4) is 11.1 Å². The molecule has 0 radical (unpaired) electrons. The SMILES string of the molecule is CC(C)C(NC(=O)c1cccc(-c2ccc(F)cc2Cl)c1)C(=O)N(C)C. The predicted molar refractivity (Wildman–Crippen MR) is 102 cm³/mol. The molecular weight excluding hydrogens is 355 g/mol. The average Bonchev–Trinajstić information content (AvgIpc) is 2.58. The number of amides is 2. The van der Waals surface area contributed by atoms with Crippen LogP contribution in [0.15, 0.2) is 42.5 Å². The summed E-state index contributed by atoms with van der Waals surface area (Å²) in [7, 11) is 3.31. The number of carbonyl (C=O) groups is 2. The topological polar surface area (TPSA) is 49.4 Å². The Kier molecular flexibility index (Phi) is 6.37. The van der Waals surface area contributed by atoms with Crippen LogP contribution in [0.5, 0.6) is 0 Å². The van der Waals surface area contributed by atoms with E-state index in [0.717, 1.165) is 0 Å². The van der Waals surface area contributed by atoms with E-state index < -0.39 is 11.9 Å². The Bertz CT molecular complexity index is 821. The fourth-order valence-corrected chi connectivity index (χ4v) is 2.84. The molecule has 1 unspecified atom stereocenters. The minimum atomic E-state index is -0.615. The summed E-state index contributed by atoms with van der Waals surface area (Å²) in [6, 6.07) is 10.4. The lowest BCUT2D eigenvalue weighted by Gasteiger charge is -2.24. The van der Waals surface area contributed by atoms with Crippen molar-refractivity contribution >= 4 is 23.4 Å². The monoisotopic (exact) mass is 376 g/mol. The molecule has 2 rings (SSSR count). The Morgan fingerprint density at radius 1 is 1.12 bits per heavy atom. The second-order valence-corrected chi connectivity index (χ2v) is 7.04. The summed E-state index contributed by atoms with van der Waals surface area (Å²) in [5.74, 6) is -0.983. The van der Waals surface area contributed by atoms with Gasteiger partial charge in [0.25, 0.3) is 5.91 Å². The van der Waals surface area contributed by atoms with E-state index in [1.54, 1.807) is 44.4 Å². The normalized spacial score (nSPS) is 12.0. The van der Waals surface area contributed by atoms with E-state index in [-0.39, 0.29) is 22.8 Å². The highest BCUT2D eigenvalue weighted by atomic mass is 35.5. The number of nitrogens with one attached hydrogen (secondary N) is 1. The Labute approximate surface area is 158 Å². The van der Waals surface area contributed by atoms with Crippen molar-refractivity contribution in [1.29, 1.82) is 0 Å². The number of halogens is 2. The lowest BCUT2D eigenvalue weighted by atomic mass is 10.0. The highest BCUT2D eigenvalue weighted by Crippen LogP contribution is 2.29. The van der Waals surface area contributed by atoms with Crippen molar-refractivity contribution < 1.29 is 14.0 Å². The van der Waals surface area contributed by atoms with Crippen molar-refractivity contribution in [2.75, 3.05) is 14.1 Å². The number of nitrogens with zero attached hydrogens (tertiary/aromatic N) is 1. The Morgan fingerprint density at radius 3 is 2.38 bits per heavy atom. The van der Waals surface area contributed by atoms with E-state index >= 15 is 0 Å². The van der Waals surface area contributed by atoms with Gasteiger partial charge in [-0.1, -0.05) is 37.6 Å². The van der Waals surface area contributed by atoms with Gasteiger partial charge in [-0.2, -0.15) is 0 Å². The van der Waals surface area contributed by atoms with Crippen LogP contribution in [0.2, 0.25) is 5.02 Å². The van der Waals surface area contributed by atoms with Gasteiger partial charge in [0.05, 0.1) is 5.02 Å². The van der Waals surface area contributed by atoms with Gasteiger partial charge < -0.3 is 10.2 Å². The van der Waals surface area contributed by atoms with Gasteiger partial charge in [0.1, 0.15) is 11.9 Å². The first kappa shape index (κ1) is 19.9. The second kappa shape index (κ2) is 8.32. The smallest absolute Gasteiger partial charge is 0.251 e. The van der Waals surface area contributed by atoms with Crippen LogP contribution in [0.1, 0.15) is 24.2 Å². The molecule has 6 heteroatoms. The summed E-state index contributed by atoms with van der Waals surface area (Å²) in [4.78, 5) is 26.4. The van der Waals surface area contributed by atoms with Gasteiger partial charge in [-0.15, -0.1) is 0 Å². The molecule has 0 saturated heterocycles. The highest BCUT2D eigenvalue weighted by molar-refractivity contribution is 6.33. The Balaban J connectivity index is 2.28. The van der Waals surface area contributed by atoms with E-state index in [1.165, 1.54) is 17.0 Å². The summed E-state index contributed by atoms with van der Waals surface area (Å²) >= 11 is 6.11. The summed E-state index contributed by atoms with van der Waals surface area (Å²) in [6.07, 6.45) is 0. The third-order valence-corrected chi connectivity index (χ3v) is 4.34. The van der Waals surface area contributed by atoms with Gasteiger partial charge >= 0.3 is 0 Å². The molecule has 0 aromatic heterocycles. The molecular formula is C20H22ClFN2O2.